The maximum absolute atomic E-state index is 12.5. The van der Waals surface area contributed by atoms with Crippen LogP contribution in [0.2, 0.25) is 5.02 Å². The number of halogens is 1. The summed E-state index contributed by atoms with van der Waals surface area (Å²) in [6.07, 6.45) is 0. The van der Waals surface area contributed by atoms with Crippen molar-refractivity contribution in [3.8, 4) is 6.07 Å². The van der Waals surface area contributed by atoms with Crippen molar-refractivity contribution >= 4 is 28.8 Å². The summed E-state index contributed by atoms with van der Waals surface area (Å²) in [5.74, 6) is 0.0194. The highest BCUT2D eigenvalue weighted by Crippen LogP contribution is 2.25. The zero-order valence-electron chi connectivity index (χ0n) is 12.5. The molecule has 0 radical (unpaired) electrons. The third-order valence-electron chi connectivity index (χ3n) is 3.99. The van der Waals surface area contributed by atoms with Gasteiger partial charge in [0.2, 0.25) is 0 Å². The van der Waals surface area contributed by atoms with Crippen molar-refractivity contribution in [3.63, 3.8) is 0 Å². The summed E-state index contributed by atoms with van der Waals surface area (Å²) >= 11 is 7.46. The van der Waals surface area contributed by atoms with E-state index in [0.717, 1.165) is 4.88 Å². The predicted octanol–water partition coefficient (Wildman–Crippen LogP) is 3.42. The molecular formula is C17H16ClN3OS. The first kappa shape index (κ1) is 16.0. The van der Waals surface area contributed by atoms with Gasteiger partial charge in [-0.2, -0.15) is 5.26 Å². The second kappa shape index (κ2) is 7.14. The molecule has 0 saturated carbocycles. The fourth-order valence-electron chi connectivity index (χ4n) is 2.73. The number of nitrogens with zero attached hydrogens (tertiary/aromatic N) is 3. The molecule has 1 aromatic heterocycles. The number of rotatable bonds is 3. The second-order valence-corrected chi connectivity index (χ2v) is 6.80. The van der Waals surface area contributed by atoms with E-state index in [0.29, 0.717) is 36.8 Å². The van der Waals surface area contributed by atoms with Crippen LogP contribution in [-0.2, 0) is 0 Å². The number of hydrogen-bond donors (Lipinski definition) is 0. The molecule has 118 valence electrons. The quantitative estimate of drug-likeness (QED) is 0.856. The van der Waals surface area contributed by atoms with Crippen LogP contribution in [0.5, 0.6) is 0 Å². The number of thiophene rings is 1. The average Bonchev–Trinajstić information content (AvgIpc) is 3.10. The van der Waals surface area contributed by atoms with Crippen LogP contribution in [0.4, 0.5) is 0 Å². The first-order valence-corrected chi connectivity index (χ1v) is 8.66. The van der Waals surface area contributed by atoms with Crippen molar-refractivity contribution in [1.29, 1.82) is 5.26 Å². The van der Waals surface area contributed by atoms with E-state index in [1.807, 2.05) is 22.4 Å². The lowest BCUT2D eigenvalue weighted by atomic mass is 10.1. The van der Waals surface area contributed by atoms with Gasteiger partial charge in [0.25, 0.3) is 5.91 Å². The molecule has 23 heavy (non-hydrogen) atoms. The van der Waals surface area contributed by atoms with Crippen LogP contribution in [0, 0.1) is 11.3 Å². The van der Waals surface area contributed by atoms with Gasteiger partial charge in [0.1, 0.15) is 6.04 Å². The van der Waals surface area contributed by atoms with Gasteiger partial charge in [0, 0.05) is 41.6 Å². The van der Waals surface area contributed by atoms with E-state index >= 15 is 0 Å². The number of hydrogen-bond acceptors (Lipinski definition) is 4. The van der Waals surface area contributed by atoms with Crippen LogP contribution in [0.15, 0.2) is 41.8 Å². The van der Waals surface area contributed by atoms with Crippen LogP contribution in [0.3, 0.4) is 0 Å². The second-order valence-electron chi connectivity index (χ2n) is 5.38. The highest BCUT2D eigenvalue weighted by atomic mass is 35.5. The topological polar surface area (TPSA) is 47.3 Å². The zero-order valence-corrected chi connectivity index (χ0v) is 14.1. The molecule has 1 aliphatic heterocycles. The number of benzene rings is 1. The maximum Gasteiger partial charge on any atom is 0.253 e. The largest absolute Gasteiger partial charge is 0.336 e. The van der Waals surface area contributed by atoms with E-state index in [1.165, 1.54) is 0 Å². The van der Waals surface area contributed by atoms with Gasteiger partial charge >= 0.3 is 0 Å². The molecule has 1 amide bonds. The van der Waals surface area contributed by atoms with E-state index < -0.39 is 0 Å². The van der Waals surface area contributed by atoms with Gasteiger partial charge in [-0.25, -0.2) is 0 Å². The minimum Gasteiger partial charge on any atom is -0.336 e. The van der Waals surface area contributed by atoms with Crippen LogP contribution >= 0.6 is 22.9 Å². The summed E-state index contributed by atoms with van der Waals surface area (Å²) in [6, 6.07) is 13.1. The molecule has 1 saturated heterocycles. The highest BCUT2D eigenvalue weighted by molar-refractivity contribution is 7.10. The first-order chi connectivity index (χ1) is 11.2. The molecule has 1 aliphatic rings. The Balaban J connectivity index is 1.63. The van der Waals surface area contributed by atoms with E-state index in [1.54, 1.807) is 35.6 Å². The number of amides is 1. The molecule has 0 aliphatic carbocycles. The van der Waals surface area contributed by atoms with Crippen molar-refractivity contribution < 1.29 is 4.79 Å². The fraction of sp³-hybridized carbons (Fsp3) is 0.294. The third-order valence-corrected chi connectivity index (χ3v) is 5.17. The zero-order chi connectivity index (χ0) is 16.2. The summed E-state index contributed by atoms with van der Waals surface area (Å²) in [4.78, 5) is 17.5. The van der Waals surface area contributed by atoms with Crippen molar-refractivity contribution in [2.45, 2.75) is 6.04 Å². The molecule has 1 atom stereocenters. The van der Waals surface area contributed by atoms with E-state index in [4.69, 9.17) is 11.6 Å². The molecule has 3 rings (SSSR count). The number of carbonyl (C=O) groups excluding carboxylic acids is 1. The van der Waals surface area contributed by atoms with Crippen LogP contribution in [-0.4, -0.2) is 41.9 Å². The number of nitriles is 1. The lowest BCUT2D eigenvalue weighted by Crippen LogP contribution is -2.49. The molecule has 1 unspecified atom stereocenters. The van der Waals surface area contributed by atoms with Gasteiger partial charge < -0.3 is 4.90 Å². The average molecular weight is 346 g/mol. The van der Waals surface area contributed by atoms with Gasteiger partial charge in [-0.3, -0.25) is 9.69 Å². The van der Waals surface area contributed by atoms with E-state index in [2.05, 4.69) is 11.0 Å². The molecule has 6 heteroatoms. The van der Waals surface area contributed by atoms with Gasteiger partial charge in [0.05, 0.1) is 6.07 Å². The third kappa shape index (κ3) is 3.56. The molecule has 2 heterocycles. The van der Waals surface area contributed by atoms with Gasteiger partial charge in [0.15, 0.2) is 0 Å². The van der Waals surface area contributed by atoms with Crippen LogP contribution in [0.1, 0.15) is 21.3 Å². The Morgan fingerprint density at radius 1 is 1.17 bits per heavy atom. The van der Waals surface area contributed by atoms with Crippen molar-refractivity contribution in [2.24, 2.45) is 0 Å². The Morgan fingerprint density at radius 2 is 1.87 bits per heavy atom. The lowest BCUT2D eigenvalue weighted by Gasteiger charge is -2.36. The summed E-state index contributed by atoms with van der Waals surface area (Å²) in [7, 11) is 0. The predicted molar refractivity (Wildman–Crippen MR) is 91.6 cm³/mol. The maximum atomic E-state index is 12.5. The van der Waals surface area contributed by atoms with E-state index in [9.17, 15) is 10.1 Å². The summed E-state index contributed by atoms with van der Waals surface area (Å²) < 4.78 is 0. The van der Waals surface area contributed by atoms with Crippen molar-refractivity contribution in [1.82, 2.24) is 9.80 Å². The Labute approximate surface area is 144 Å². The molecule has 0 spiro atoms. The Kier molecular flexibility index (Phi) is 4.97. The molecule has 4 nitrogen and oxygen atoms in total. The Morgan fingerprint density at radius 3 is 2.43 bits per heavy atom. The van der Waals surface area contributed by atoms with Gasteiger partial charge in [-0.05, 0) is 35.7 Å². The molecule has 1 fully saturated rings. The minimum atomic E-state index is -0.220. The summed E-state index contributed by atoms with van der Waals surface area (Å²) in [5, 5.41) is 12.1. The van der Waals surface area contributed by atoms with Gasteiger partial charge in [-0.1, -0.05) is 17.7 Å². The van der Waals surface area contributed by atoms with Gasteiger partial charge in [-0.15, -0.1) is 11.3 Å². The Bertz CT molecular complexity index is 700. The SMILES string of the molecule is N#CC(c1cccs1)N1CCN(C(=O)c2ccc(Cl)cc2)CC1. The normalized spacial score (nSPS) is 16.8. The Hall–Kier alpha value is -1.87. The minimum absolute atomic E-state index is 0.0194. The lowest BCUT2D eigenvalue weighted by molar-refractivity contribution is 0.0608. The number of carbonyl (C=O) groups is 1. The molecule has 0 bridgehead atoms. The monoisotopic (exact) mass is 345 g/mol. The fourth-order valence-corrected chi connectivity index (χ4v) is 3.66. The molecular weight excluding hydrogens is 330 g/mol. The van der Waals surface area contributed by atoms with Crippen molar-refractivity contribution in [2.75, 3.05) is 26.2 Å². The highest BCUT2D eigenvalue weighted by Gasteiger charge is 2.27. The van der Waals surface area contributed by atoms with Crippen LogP contribution in [0.25, 0.3) is 0 Å². The molecule has 1 aromatic carbocycles. The van der Waals surface area contributed by atoms with E-state index in [-0.39, 0.29) is 11.9 Å². The number of piperazine rings is 1. The van der Waals surface area contributed by atoms with Crippen molar-refractivity contribution in [3.05, 3.63) is 57.2 Å². The van der Waals surface area contributed by atoms with Crippen LogP contribution < -0.4 is 0 Å². The smallest absolute Gasteiger partial charge is 0.253 e. The molecule has 2 aromatic rings. The summed E-state index contributed by atoms with van der Waals surface area (Å²) in [6.45, 7) is 2.67. The summed E-state index contributed by atoms with van der Waals surface area (Å²) in [5.41, 5.74) is 0.651. The first-order valence-electron chi connectivity index (χ1n) is 7.41. The standard InChI is InChI=1S/C17H16ClN3OS/c18-14-5-3-13(4-6-14)17(22)21-9-7-20(8-10-21)15(12-19)16-2-1-11-23-16/h1-6,11,15H,7-10H2. The molecule has 0 N–H and O–H groups in total.